The van der Waals surface area contributed by atoms with Gasteiger partial charge in [-0.05, 0) is 37.5 Å². The molecule has 0 aliphatic carbocycles. The van der Waals surface area contributed by atoms with Gasteiger partial charge in [-0.15, -0.1) is 0 Å². The van der Waals surface area contributed by atoms with Crippen LogP contribution in [0.25, 0.3) is 0 Å². The molecule has 0 bridgehead atoms. The first-order chi connectivity index (χ1) is 7.68. The summed E-state index contributed by atoms with van der Waals surface area (Å²) in [6.45, 7) is 2.82. The summed E-state index contributed by atoms with van der Waals surface area (Å²) in [6, 6.07) is 5.85. The Balaban J connectivity index is 2.33. The summed E-state index contributed by atoms with van der Waals surface area (Å²) < 4.78 is 0. The van der Waals surface area contributed by atoms with Gasteiger partial charge in [0.05, 0.1) is 11.4 Å². The van der Waals surface area contributed by atoms with Crippen molar-refractivity contribution >= 4 is 17.3 Å². The molecule has 0 unspecified atom stereocenters. The van der Waals surface area contributed by atoms with Crippen LogP contribution in [0.1, 0.15) is 31.2 Å². The number of nitrogens with zero attached hydrogens (tertiary/aromatic N) is 1. The Kier molecular flexibility index (Phi) is 3.13. The molecule has 1 saturated heterocycles. The summed E-state index contributed by atoms with van der Waals surface area (Å²) in [5.74, 6) is 0.204. The van der Waals surface area contributed by atoms with Crippen LogP contribution in [-0.4, -0.2) is 12.5 Å². The first kappa shape index (κ1) is 11.0. The zero-order valence-electron chi connectivity index (χ0n) is 9.70. The number of anilines is 2. The van der Waals surface area contributed by atoms with Crippen molar-refractivity contribution in [3.8, 4) is 0 Å². The van der Waals surface area contributed by atoms with E-state index in [-0.39, 0.29) is 5.91 Å². The molecule has 1 aromatic carbocycles. The fourth-order valence-electron chi connectivity index (χ4n) is 2.12. The van der Waals surface area contributed by atoms with Crippen molar-refractivity contribution in [1.29, 1.82) is 0 Å². The van der Waals surface area contributed by atoms with Crippen LogP contribution in [0.2, 0.25) is 0 Å². The Hall–Kier alpha value is -1.51. The van der Waals surface area contributed by atoms with Crippen LogP contribution >= 0.6 is 0 Å². The van der Waals surface area contributed by atoms with Gasteiger partial charge in [-0.3, -0.25) is 4.79 Å². The van der Waals surface area contributed by atoms with E-state index in [0.29, 0.717) is 12.1 Å². The number of rotatable bonds is 1. The lowest BCUT2D eigenvalue weighted by Gasteiger charge is -2.22. The molecule has 2 N–H and O–H groups in total. The summed E-state index contributed by atoms with van der Waals surface area (Å²) >= 11 is 0. The van der Waals surface area contributed by atoms with Gasteiger partial charge in [-0.2, -0.15) is 0 Å². The highest BCUT2D eigenvalue weighted by Crippen LogP contribution is 2.27. The molecular formula is C13H18N2O. The molecule has 1 heterocycles. The highest BCUT2D eigenvalue weighted by Gasteiger charge is 2.19. The fourth-order valence-corrected chi connectivity index (χ4v) is 2.12. The smallest absolute Gasteiger partial charge is 0.227 e. The van der Waals surface area contributed by atoms with Crippen molar-refractivity contribution < 1.29 is 4.79 Å². The van der Waals surface area contributed by atoms with Crippen LogP contribution < -0.4 is 10.6 Å². The first-order valence-electron chi connectivity index (χ1n) is 5.85. The van der Waals surface area contributed by atoms with Gasteiger partial charge in [-0.25, -0.2) is 0 Å². The monoisotopic (exact) mass is 218 g/mol. The van der Waals surface area contributed by atoms with E-state index in [1.807, 2.05) is 30.0 Å². The van der Waals surface area contributed by atoms with Crippen molar-refractivity contribution in [1.82, 2.24) is 0 Å². The van der Waals surface area contributed by atoms with Crippen molar-refractivity contribution in [2.24, 2.45) is 0 Å². The number of carbonyl (C=O) groups is 1. The number of aryl methyl sites for hydroxylation is 1. The lowest BCUT2D eigenvalue weighted by Crippen LogP contribution is -2.30. The maximum atomic E-state index is 11.9. The molecule has 1 fully saturated rings. The Bertz CT molecular complexity index is 401. The van der Waals surface area contributed by atoms with Gasteiger partial charge in [0.1, 0.15) is 0 Å². The highest BCUT2D eigenvalue weighted by molar-refractivity contribution is 5.96. The van der Waals surface area contributed by atoms with E-state index in [4.69, 9.17) is 5.73 Å². The van der Waals surface area contributed by atoms with Crippen molar-refractivity contribution in [3.05, 3.63) is 23.8 Å². The maximum absolute atomic E-state index is 11.9. The molecule has 2 rings (SSSR count). The molecule has 1 aliphatic rings. The first-order valence-corrected chi connectivity index (χ1v) is 5.85. The van der Waals surface area contributed by atoms with Crippen molar-refractivity contribution in [3.63, 3.8) is 0 Å². The van der Waals surface area contributed by atoms with E-state index in [9.17, 15) is 4.79 Å². The van der Waals surface area contributed by atoms with Crippen molar-refractivity contribution in [2.45, 2.75) is 32.6 Å². The second-order valence-corrected chi connectivity index (χ2v) is 4.42. The molecule has 0 spiro atoms. The summed E-state index contributed by atoms with van der Waals surface area (Å²) in [6.07, 6.45) is 3.85. The number of hydrogen-bond donors (Lipinski definition) is 1. The van der Waals surface area contributed by atoms with Crippen LogP contribution in [0.3, 0.4) is 0 Å². The number of carbonyl (C=O) groups excluding carboxylic acids is 1. The van der Waals surface area contributed by atoms with Gasteiger partial charge >= 0.3 is 0 Å². The predicted octanol–water partition coefficient (Wildman–Crippen LogP) is 2.48. The number of benzene rings is 1. The molecule has 16 heavy (non-hydrogen) atoms. The van der Waals surface area contributed by atoms with E-state index in [1.165, 1.54) is 0 Å². The summed E-state index contributed by atoms with van der Waals surface area (Å²) in [5.41, 5.74) is 8.66. The second kappa shape index (κ2) is 4.56. The SMILES string of the molecule is Cc1ccc(N)c(N2CCCCCC2=O)c1. The zero-order chi connectivity index (χ0) is 11.5. The van der Waals surface area contributed by atoms with E-state index in [2.05, 4.69) is 0 Å². The molecule has 1 amide bonds. The molecular weight excluding hydrogens is 200 g/mol. The standard InChI is InChI=1S/C13H18N2O/c1-10-6-7-11(14)12(9-10)15-8-4-2-3-5-13(15)16/h6-7,9H,2-5,8,14H2,1H3. The average molecular weight is 218 g/mol. The third kappa shape index (κ3) is 2.18. The normalized spacial score (nSPS) is 17.3. The van der Waals surface area contributed by atoms with Crippen LogP contribution in [0.4, 0.5) is 11.4 Å². The van der Waals surface area contributed by atoms with E-state index in [0.717, 1.165) is 37.1 Å². The topological polar surface area (TPSA) is 46.3 Å². The molecule has 0 radical (unpaired) electrons. The van der Waals surface area contributed by atoms with Crippen LogP contribution in [0, 0.1) is 6.92 Å². The summed E-state index contributed by atoms with van der Waals surface area (Å²) in [4.78, 5) is 13.8. The molecule has 3 heteroatoms. The van der Waals surface area contributed by atoms with E-state index in [1.54, 1.807) is 0 Å². The van der Waals surface area contributed by atoms with Crippen molar-refractivity contribution in [2.75, 3.05) is 17.2 Å². The molecule has 1 aliphatic heterocycles. The second-order valence-electron chi connectivity index (χ2n) is 4.42. The molecule has 86 valence electrons. The average Bonchev–Trinajstić information content (AvgIpc) is 2.47. The van der Waals surface area contributed by atoms with Gasteiger partial charge in [0.2, 0.25) is 5.91 Å². The number of nitrogen functional groups attached to an aromatic ring is 1. The minimum absolute atomic E-state index is 0.204. The van der Waals surface area contributed by atoms with Crippen LogP contribution in [0.15, 0.2) is 18.2 Å². The lowest BCUT2D eigenvalue weighted by atomic mass is 10.1. The quantitative estimate of drug-likeness (QED) is 0.736. The van der Waals surface area contributed by atoms with Gasteiger partial charge < -0.3 is 10.6 Å². The summed E-state index contributed by atoms with van der Waals surface area (Å²) in [5, 5.41) is 0. The Morgan fingerprint density at radius 1 is 1.25 bits per heavy atom. The number of amides is 1. The molecule has 3 nitrogen and oxygen atoms in total. The predicted molar refractivity (Wildman–Crippen MR) is 66.4 cm³/mol. The maximum Gasteiger partial charge on any atom is 0.227 e. The van der Waals surface area contributed by atoms with Gasteiger partial charge in [-0.1, -0.05) is 12.5 Å². The Morgan fingerprint density at radius 3 is 2.88 bits per heavy atom. The zero-order valence-corrected chi connectivity index (χ0v) is 9.70. The van der Waals surface area contributed by atoms with Crippen LogP contribution in [-0.2, 0) is 4.79 Å². The van der Waals surface area contributed by atoms with E-state index < -0.39 is 0 Å². The minimum Gasteiger partial charge on any atom is -0.397 e. The molecule has 0 aromatic heterocycles. The largest absolute Gasteiger partial charge is 0.397 e. The Morgan fingerprint density at radius 2 is 2.06 bits per heavy atom. The molecule has 1 aromatic rings. The number of hydrogen-bond acceptors (Lipinski definition) is 2. The molecule has 0 saturated carbocycles. The molecule has 0 atom stereocenters. The lowest BCUT2D eigenvalue weighted by molar-refractivity contribution is -0.118. The third-order valence-corrected chi connectivity index (χ3v) is 3.05. The minimum atomic E-state index is 0.204. The number of nitrogens with two attached hydrogens (primary N) is 1. The van der Waals surface area contributed by atoms with E-state index >= 15 is 0 Å². The highest BCUT2D eigenvalue weighted by atomic mass is 16.2. The Labute approximate surface area is 96.2 Å². The third-order valence-electron chi connectivity index (χ3n) is 3.05. The van der Waals surface area contributed by atoms with Gasteiger partial charge in [0.15, 0.2) is 0 Å². The summed E-state index contributed by atoms with van der Waals surface area (Å²) in [7, 11) is 0. The van der Waals surface area contributed by atoms with Crippen LogP contribution in [0.5, 0.6) is 0 Å². The van der Waals surface area contributed by atoms with Gasteiger partial charge in [0.25, 0.3) is 0 Å². The van der Waals surface area contributed by atoms with Gasteiger partial charge in [0, 0.05) is 13.0 Å². The fraction of sp³-hybridized carbons (Fsp3) is 0.462.